The smallest absolute Gasteiger partial charge is 0.235 e. The van der Waals surface area contributed by atoms with E-state index in [1.54, 1.807) is 11.8 Å². The minimum Gasteiger partial charge on any atom is -0.486 e. The average Bonchev–Trinajstić information content (AvgIpc) is 2.96. The van der Waals surface area contributed by atoms with E-state index in [-0.39, 0.29) is 11.2 Å². The van der Waals surface area contributed by atoms with Crippen LogP contribution in [0.2, 0.25) is 0 Å². The molecule has 1 saturated heterocycles. The molecule has 3 heterocycles. The van der Waals surface area contributed by atoms with Gasteiger partial charge in [0.1, 0.15) is 13.2 Å². The van der Waals surface area contributed by atoms with Crippen molar-refractivity contribution in [1.82, 2.24) is 14.5 Å². The first kappa shape index (κ1) is 20.1. The highest BCUT2D eigenvalue weighted by atomic mass is 32.2. The fourth-order valence-electron chi connectivity index (χ4n) is 3.95. The van der Waals surface area contributed by atoms with Gasteiger partial charge in [-0.25, -0.2) is 4.98 Å². The van der Waals surface area contributed by atoms with Crippen LogP contribution in [0.15, 0.2) is 29.6 Å². The van der Waals surface area contributed by atoms with E-state index in [4.69, 9.17) is 9.47 Å². The summed E-state index contributed by atoms with van der Waals surface area (Å²) in [6.07, 6.45) is 6.57. The Kier molecular flexibility index (Phi) is 6.33. The molecular formula is C22H29N3O3S. The van der Waals surface area contributed by atoms with Crippen LogP contribution in [-0.2, 0) is 11.3 Å². The van der Waals surface area contributed by atoms with Crippen molar-refractivity contribution in [3.8, 4) is 22.8 Å². The first-order valence-corrected chi connectivity index (χ1v) is 11.5. The Hall–Kier alpha value is -2.15. The number of likely N-dealkylation sites (tertiary alicyclic amines) is 1. The van der Waals surface area contributed by atoms with Crippen molar-refractivity contribution in [2.75, 3.05) is 26.3 Å². The summed E-state index contributed by atoms with van der Waals surface area (Å²) in [5.41, 5.74) is 2.07. The molecule has 1 fully saturated rings. The van der Waals surface area contributed by atoms with E-state index in [9.17, 15) is 4.79 Å². The molecule has 2 aliphatic heterocycles. The molecule has 0 aliphatic carbocycles. The maximum Gasteiger partial charge on any atom is 0.235 e. The summed E-state index contributed by atoms with van der Waals surface area (Å²) in [6, 6.07) is 6.00. The van der Waals surface area contributed by atoms with Crippen LogP contribution in [0, 0.1) is 0 Å². The Balaban J connectivity index is 1.52. The van der Waals surface area contributed by atoms with Gasteiger partial charge in [-0.1, -0.05) is 24.6 Å². The molecule has 1 unspecified atom stereocenters. The van der Waals surface area contributed by atoms with Crippen molar-refractivity contribution in [3.63, 3.8) is 0 Å². The second-order valence-corrected chi connectivity index (χ2v) is 8.84. The SMILES string of the molecule is CCn1c(-c2ccc3c(c2)OCCO3)cnc1SC(C)C(=O)N1CCCCCC1. The highest BCUT2D eigenvalue weighted by Crippen LogP contribution is 2.36. The van der Waals surface area contributed by atoms with Gasteiger partial charge in [0.15, 0.2) is 16.7 Å². The fourth-order valence-corrected chi connectivity index (χ4v) is 4.98. The third-order valence-corrected chi connectivity index (χ3v) is 6.61. The quantitative estimate of drug-likeness (QED) is 0.684. The first-order chi connectivity index (χ1) is 14.2. The van der Waals surface area contributed by atoms with Gasteiger partial charge in [0.2, 0.25) is 5.91 Å². The first-order valence-electron chi connectivity index (χ1n) is 10.6. The molecule has 29 heavy (non-hydrogen) atoms. The van der Waals surface area contributed by atoms with Gasteiger partial charge in [-0.05, 0) is 44.9 Å². The lowest BCUT2D eigenvalue weighted by atomic mass is 10.1. The Bertz CT molecular complexity index is 859. The summed E-state index contributed by atoms with van der Waals surface area (Å²) in [4.78, 5) is 19.6. The lowest BCUT2D eigenvalue weighted by Gasteiger charge is -2.24. The van der Waals surface area contributed by atoms with E-state index in [0.717, 1.165) is 60.4 Å². The number of ether oxygens (including phenoxy) is 2. The fraction of sp³-hybridized carbons (Fsp3) is 0.545. The van der Waals surface area contributed by atoms with E-state index in [2.05, 4.69) is 16.5 Å². The van der Waals surface area contributed by atoms with Crippen molar-refractivity contribution in [1.29, 1.82) is 0 Å². The van der Waals surface area contributed by atoms with Crippen LogP contribution in [-0.4, -0.2) is 51.9 Å². The van der Waals surface area contributed by atoms with E-state index >= 15 is 0 Å². The zero-order chi connectivity index (χ0) is 20.2. The number of benzene rings is 1. The third kappa shape index (κ3) is 4.39. The Morgan fingerprint density at radius 2 is 1.86 bits per heavy atom. The number of hydrogen-bond donors (Lipinski definition) is 0. The number of hydrogen-bond acceptors (Lipinski definition) is 5. The minimum atomic E-state index is -0.145. The van der Waals surface area contributed by atoms with Gasteiger partial charge in [0.05, 0.1) is 17.1 Å². The van der Waals surface area contributed by atoms with Gasteiger partial charge in [0, 0.05) is 25.2 Å². The number of carbonyl (C=O) groups excluding carboxylic acids is 1. The van der Waals surface area contributed by atoms with Crippen LogP contribution in [0.3, 0.4) is 0 Å². The average molecular weight is 416 g/mol. The summed E-state index contributed by atoms with van der Waals surface area (Å²) in [5.74, 6) is 1.79. The number of imidazole rings is 1. The molecule has 7 heteroatoms. The molecule has 0 spiro atoms. The molecule has 1 aromatic heterocycles. The van der Waals surface area contributed by atoms with Crippen LogP contribution in [0.25, 0.3) is 11.3 Å². The largest absolute Gasteiger partial charge is 0.486 e. The Morgan fingerprint density at radius 3 is 2.59 bits per heavy atom. The van der Waals surface area contributed by atoms with E-state index in [1.807, 2.05) is 36.2 Å². The summed E-state index contributed by atoms with van der Waals surface area (Å²) in [6.45, 7) is 7.81. The lowest BCUT2D eigenvalue weighted by molar-refractivity contribution is -0.130. The highest BCUT2D eigenvalue weighted by molar-refractivity contribution is 8.00. The third-order valence-electron chi connectivity index (χ3n) is 5.52. The van der Waals surface area contributed by atoms with Crippen LogP contribution >= 0.6 is 11.8 Å². The summed E-state index contributed by atoms with van der Waals surface area (Å²) in [5, 5.41) is 0.738. The summed E-state index contributed by atoms with van der Waals surface area (Å²) >= 11 is 1.55. The van der Waals surface area contributed by atoms with Crippen molar-refractivity contribution in [3.05, 3.63) is 24.4 Å². The van der Waals surface area contributed by atoms with Crippen LogP contribution in [0.1, 0.15) is 39.5 Å². The number of aromatic nitrogens is 2. The molecule has 6 nitrogen and oxygen atoms in total. The topological polar surface area (TPSA) is 56.6 Å². The van der Waals surface area contributed by atoms with E-state index in [0.29, 0.717) is 13.2 Å². The predicted octanol–water partition coefficient (Wildman–Crippen LogP) is 4.22. The molecule has 1 amide bonds. The number of fused-ring (bicyclic) bond motifs is 1. The molecule has 0 saturated carbocycles. The lowest BCUT2D eigenvalue weighted by Crippen LogP contribution is -2.37. The number of nitrogens with zero attached hydrogens (tertiary/aromatic N) is 3. The standard InChI is InChI=1S/C22H29N3O3S/c1-3-25-18(17-8-9-19-20(14-17)28-13-12-27-19)15-23-22(25)29-16(2)21(26)24-10-6-4-5-7-11-24/h8-9,14-16H,3-7,10-13H2,1-2H3. The zero-order valence-electron chi connectivity index (χ0n) is 17.2. The molecule has 4 rings (SSSR count). The molecular weight excluding hydrogens is 386 g/mol. The molecule has 0 radical (unpaired) electrons. The van der Waals surface area contributed by atoms with Crippen LogP contribution < -0.4 is 9.47 Å². The second kappa shape index (κ2) is 9.11. The molecule has 0 N–H and O–H groups in total. The van der Waals surface area contributed by atoms with E-state index in [1.165, 1.54) is 12.8 Å². The van der Waals surface area contributed by atoms with Crippen molar-refractivity contribution >= 4 is 17.7 Å². The van der Waals surface area contributed by atoms with Crippen LogP contribution in [0.4, 0.5) is 0 Å². The van der Waals surface area contributed by atoms with Crippen molar-refractivity contribution < 1.29 is 14.3 Å². The van der Waals surface area contributed by atoms with Gasteiger partial charge in [0.25, 0.3) is 0 Å². The molecule has 2 aromatic rings. The highest BCUT2D eigenvalue weighted by Gasteiger charge is 2.25. The second-order valence-electron chi connectivity index (χ2n) is 7.53. The van der Waals surface area contributed by atoms with Crippen molar-refractivity contribution in [2.24, 2.45) is 0 Å². The Morgan fingerprint density at radius 1 is 1.14 bits per heavy atom. The Labute approximate surface area is 176 Å². The number of thioether (sulfide) groups is 1. The number of rotatable bonds is 5. The van der Waals surface area contributed by atoms with Gasteiger partial charge in [-0.3, -0.25) is 4.79 Å². The molecule has 156 valence electrons. The van der Waals surface area contributed by atoms with Crippen molar-refractivity contribution in [2.45, 2.75) is 56.5 Å². The van der Waals surface area contributed by atoms with Gasteiger partial charge < -0.3 is 18.9 Å². The molecule has 2 aliphatic rings. The molecule has 0 bridgehead atoms. The van der Waals surface area contributed by atoms with Gasteiger partial charge >= 0.3 is 0 Å². The molecule has 1 atom stereocenters. The maximum atomic E-state index is 12.9. The number of carbonyl (C=O) groups is 1. The van der Waals surface area contributed by atoms with Gasteiger partial charge in [-0.2, -0.15) is 0 Å². The van der Waals surface area contributed by atoms with Crippen LogP contribution in [0.5, 0.6) is 11.5 Å². The monoisotopic (exact) mass is 415 g/mol. The van der Waals surface area contributed by atoms with E-state index < -0.39 is 0 Å². The summed E-state index contributed by atoms with van der Waals surface area (Å²) in [7, 11) is 0. The van der Waals surface area contributed by atoms with Gasteiger partial charge in [-0.15, -0.1) is 0 Å². The maximum absolute atomic E-state index is 12.9. The zero-order valence-corrected chi connectivity index (χ0v) is 18.0. The predicted molar refractivity (Wildman–Crippen MR) is 115 cm³/mol. The minimum absolute atomic E-state index is 0.145. The normalized spacial score (nSPS) is 17.7. The molecule has 1 aromatic carbocycles. The summed E-state index contributed by atoms with van der Waals surface area (Å²) < 4.78 is 13.5. The number of amides is 1.